The van der Waals surface area contributed by atoms with Crippen molar-refractivity contribution in [3.05, 3.63) is 59.7 Å². The van der Waals surface area contributed by atoms with Gasteiger partial charge in [-0.2, -0.15) is 5.26 Å². The third-order valence-electron chi connectivity index (χ3n) is 3.71. The summed E-state index contributed by atoms with van der Waals surface area (Å²) in [5, 5.41) is 11.7. The lowest BCUT2D eigenvalue weighted by molar-refractivity contribution is -0.118. The molecule has 0 aliphatic carbocycles. The molecular formula is C19H20N2O2. The van der Waals surface area contributed by atoms with Crippen molar-refractivity contribution in [1.29, 1.82) is 5.26 Å². The quantitative estimate of drug-likeness (QED) is 0.910. The Kier molecular flexibility index (Phi) is 5.37. The van der Waals surface area contributed by atoms with Gasteiger partial charge in [-0.25, -0.2) is 0 Å². The molecule has 4 heteroatoms. The van der Waals surface area contributed by atoms with E-state index in [-0.39, 0.29) is 17.7 Å². The molecule has 0 fully saturated rings. The SMILES string of the molecule is COc1ccc(C(C(=O)Nc2ccc(C#N)cc2)C(C)C)cc1. The molecule has 0 aliphatic heterocycles. The van der Waals surface area contributed by atoms with E-state index in [2.05, 4.69) is 11.4 Å². The molecule has 0 heterocycles. The van der Waals surface area contributed by atoms with Crippen molar-refractivity contribution in [3.63, 3.8) is 0 Å². The number of carbonyl (C=O) groups is 1. The van der Waals surface area contributed by atoms with Crippen molar-refractivity contribution >= 4 is 11.6 Å². The lowest BCUT2D eigenvalue weighted by Gasteiger charge is -2.21. The molecule has 0 saturated carbocycles. The van der Waals surface area contributed by atoms with E-state index in [0.29, 0.717) is 11.3 Å². The number of amides is 1. The third kappa shape index (κ3) is 4.10. The first-order chi connectivity index (χ1) is 11.0. The molecule has 1 N–H and O–H groups in total. The maximum absolute atomic E-state index is 12.7. The van der Waals surface area contributed by atoms with E-state index in [1.165, 1.54) is 0 Å². The number of nitrogens with one attached hydrogen (secondary N) is 1. The van der Waals surface area contributed by atoms with Crippen molar-refractivity contribution in [3.8, 4) is 11.8 Å². The molecule has 1 amide bonds. The number of hydrogen-bond acceptors (Lipinski definition) is 3. The largest absolute Gasteiger partial charge is 0.497 e. The highest BCUT2D eigenvalue weighted by atomic mass is 16.5. The molecule has 0 saturated heterocycles. The molecule has 1 atom stereocenters. The number of anilines is 1. The van der Waals surface area contributed by atoms with Crippen LogP contribution in [-0.2, 0) is 4.79 Å². The minimum Gasteiger partial charge on any atom is -0.497 e. The normalized spacial score (nSPS) is 11.6. The number of benzene rings is 2. The molecule has 0 spiro atoms. The first-order valence-corrected chi connectivity index (χ1v) is 7.50. The molecule has 1 unspecified atom stereocenters. The van der Waals surface area contributed by atoms with E-state index in [1.54, 1.807) is 31.4 Å². The molecule has 2 aromatic carbocycles. The van der Waals surface area contributed by atoms with Gasteiger partial charge in [0.05, 0.1) is 24.7 Å². The lowest BCUT2D eigenvalue weighted by Crippen LogP contribution is -2.25. The maximum atomic E-state index is 12.7. The van der Waals surface area contributed by atoms with Gasteiger partial charge in [0.15, 0.2) is 0 Å². The van der Waals surface area contributed by atoms with Crippen molar-refractivity contribution < 1.29 is 9.53 Å². The second-order valence-corrected chi connectivity index (χ2v) is 5.67. The fraction of sp³-hybridized carbons (Fsp3) is 0.263. The second kappa shape index (κ2) is 7.46. The minimum absolute atomic E-state index is 0.0603. The summed E-state index contributed by atoms with van der Waals surface area (Å²) in [6.07, 6.45) is 0. The molecule has 0 bridgehead atoms. The van der Waals surface area contributed by atoms with E-state index in [4.69, 9.17) is 10.00 Å². The minimum atomic E-state index is -0.253. The number of carbonyl (C=O) groups excluding carboxylic acids is 1. The molecule has 0 aromatic heterocycles. The lowest BCUT2D eigenvalue weighted by atomic mass is 9.87. The summed E-state index contributed by atoms with van der Waals surface area (Å²) in [4.78, 5) is 12.7. The zero-order chi connectivity index (χ0) is 16.8. The van der Waals surface area contributed by atoms with Crippen LogP contribution in [0.1, 0.15) is 30.9 Å². The Hall–Kier alpha value is -2.80. The first-order valence-electron chi connectivity index (χ1n) is 7.50. The Morgan fingerprint density at radius 1 is 1.09 bits per heavy atom. The van der Waals surface area contributed by atoms with Gasteiger partial charge in [-0.1, -0.05) is 26.0 Å². The zero-order valence-electron chi connectivity index (χ0n) is 13.5. The van der Waals surface area contributed by atoms with Crippen molar-refractivity contribution in [2.24, 2.45) is 5.92 Å². The summed E-state index contributed by atoms with van der Waals surface area (Å²) in [6.45, 7) is 4.04. The van der Waals surface area contributed by atoms with Crippen LogP contribution >= 0.6 is 0 Å². The molecule has 23 heavy (non-hydrogen) atoms. The van der Waals surface area contributed by atoms with E-state index in [0.717, 1.165) is 11.3 Å². The van der Waals surface area contributed by atoms with Crippen LogP contribution in [0.4, 0.5) is 5.69 Å². The van der Waals surface area contributed by atoms with Crippen LogP contribution in [0.2, 0.25) is 0 Å². The summed E-state index contributed by atoms with van der Waals surface area (Å²) in [5.74, 6) is 0.608. The van der Waals surface area contributed by atoms with Crippen LogP contribution in [0.5, 0.6) is 5.75 Å². The highest BCUT2D eigenvalue weighted by molar-refractivity contribution is 5.96. The van der Waals surface area contributed by atoms with Crippen molar-refractivity contribution in [2.45, 2.75) is 19.8 Å². The monoisotopic (exact) mass is 308 g/mol. The van der Waals surface area contributed by atoms with E-state index >= 15 is 0 Å². The van der Waals surface area contributed by atoms with Crippen molar-refractivity contribution in [1.82, 2.24) is 0 Å². The average Bonchev–Trinajstić information content (AvgIpc) is 2.56. The van der Waals surface area contributed by atoms with Crippen LogP contribution in [0, 0.1) is 17.2 Å². The van der Waals surface area contributed by atoms with Crippen molar-refractivity contribution in [2.75, 3.05) is 12.4 Å². The second-order valence-electron chi connectivity index (χ2n) is 5.67. The van der Waals surface area contributed by atoms with E-state index < -0.39 is 0 Å². The molecule has 4 nitrogen and oxygen atoms in total. The predicted molar refractivity (Wildman–Crippen MR) is 90.4 cm³/mol. The van der Waals surface area contributed by atoms with Gasteiger partial charge < -0.3 is 10.1 Å². The smallest absolute Gasteiger partial charge is 0.232 e. The van der Waals surface area contributed by atoms with E-state index in [1.807, 2.05) is 38.1 Å². The van der Waals surface area contributed by atoms with Gasteiger partial charge in [0.2, 0.25) is 5.91 Å². The Labute approximate surface area is 136 Å². The Morgan fingerprint density at radius 2 is 1.70 bits per heavy atom. The molecular weight excluding hydrogens is 288 g/mol. The highest BCUT2D eigenvalue weighted by Crippen LogP contribution is 2.27. The first kappa shape index (κ1) is 16.6. The molecule has 0 aliphatic rings. The summed E-state index contributed by atoms with van der Waals surface area (Å²) < 4.78 is 5.16. The average molecular weight is 308 g/mol. The fourth-order valence-electron chi connectivity index (χ4n) is 2.50. The highest BCUT2D eigenvalue weighted by Gasteiger charge is 2.24. The Bertz CT molecular complexity index is 698. The number of methoxy groups -OCH3 is 1. The standard InChI is InChI=1S/C19H20N2O2/c1-13(2)18(15-6-10-17(23-3)11-7-15)19(22)21-16-8-4-14(12-20)5-9-16/h4-11,13,18H,1-3H3,(H,21,22). The number of ether oxygens (including phenoxy) is 1. The van der Waals surface area contributed by atoms with Gasteiger partial charge in [0.1, 0.15) is 5.75 Å². The Morgan fingerprint density at radius 3 is 2.17 bits per heavy atom. The van der Waals surface area contributed by atoms with Gasteiger partial charge in [-0.05, 0) is 47.9 Å². The summed E-state index contributed by atoms with van der Waals surface area (Å²) in [6, 6.07) is 16.5. The molecule has 2 aromatic rings. The van der Waals surface area contributed by atoms with Gasteiger partial charge in [0, 0.05) is 5.69 Å². The fourth-order valence-corrected chi connectivity index (χ4v) is 2.50. The van der Waals surface area contributed by atoms with Crippen LogP contribution in [-0.4, -0.2) is 13.0 Å². The molecule has 118 valence electrons. The van der Waals surface area contributed by atoms with Gasteiger partial charge in [-0.3, -0.25) is 4.79 Å². The summed E-state index contributed by atoms with van der Waals surface area (Å²) >= 11 is 0. The summed E-state index contributed by atoms with van der Waals surface area (Å²) in [7, 11) is 1.62. The van der Waals surface area contributed by atoms with Crippen LogP contribution in [0.15, 0.2) is 48.5 Å². The molecule has 0 radical (unpaired) electrons. The number of nitriles is 1. The van der Waals surface area contributed by atoms with Crippen LogP contribution in [0.25, 0.3) is 0 Å². The predicted octanol–water partition coefficient (Wildman–Crippen LogP) is 3.95. The number of hydrogen-bond donors (Lipinski definition) is 1. The topological polar surface area (TPSA) is 62.1 Å². The summed E-state index contributed by atoms with van der Waals surface area (Å²) in [5.41, 5.74) is 2.21. The molecule has 2 rings (SSSR count). The number of rotatable bonds is 5. The van der Waals surface area contributed by atoms with Gasteiger partial charge in [0.25, 0.3) is 0 Å². The third-order valence-corrected chi connectivity index (χ3v) is 3.71. The van der Waals surface area contributed by atoms with Crippen LogP contribution < -0.4 is 10.1 Å². The van der Waals surface area contributed by atoms with Gasteiger partial charge >= 0.3 is 0 Å². The number of nitrogens with zero attached hydrogens (tertiary/aromatic N) is 1. The van der Waals surface area contributed by atoms with Gasteiger partial charge in [-0.15, -0.1) is 0 Å². The Balaban J connectivity index is 2.18. The maximum Gasteiger partial charge on any atom is 0.232 e. The zero-order valence-corrected chi connectivity index (χ0v) is 13.5. The van der Waals surface area contributed by atoms with Crippen LogP contribution in [0.3, 0.4) is 0 Å². The van der Waals surface area contributed by atoms with E-state index in [9.17, 15) is 4.79 Å².